The van der Waals surface area contributed by atoms with Crippen LogP contribution in [0.15, 0.2) is 48.5 Å². The number of phenols is 2. The van der Waals surface area contributed by atoms with E-state index in [-0.39, 0.29) is 37.2 Å². The summed E-state index contributed by atoms with van der Waals surface area (Å²) in [5, 5.41) is 45.0. The largest absolute Gasteiger partial charge is 0.508 e. The summed E-state index contributed by atoms with van der Waals surface area (Å²) in [6.07, 6.45) is -0.703. The minimum absolute atomic E-state index is 0.0271. The molecule has 14 heteroatoms. The number of rotatable bonds is 15. The Morgan fingerprint density at radius 1 is 0.700 bits per heavy atom. The van der Waals surface area contributed by atoms with Gasteiger partial charge in [0.05, 0.1) is 12.6 Å². The lowest BCUT2D eigenvalue weighted by molar-refractivity contribution is -0.142. The normalized spacial score (nSPS) is 13.8. The first-order valence-electron chi connectivity index (χ1n) is 12.2. The van der Waals surface area contributed by atoms with Gasteiger partial charge >= 0.3 is 5.97 Å². The molecule has 2 aromatic rings. The molecule has 216 valence electrons. The van der Waals surface area contributed by atoms with Crippen molar-refractivity contribution in [3.05, 3.63) is 59.7 Å². The average molecular weight is 560 g/mol. The van der Waals surface area contributed by atoms with E-state index in [1.807, 2.05) is 0 Å². The first-order chi connectivity index (χ1) is 18.9. The zero-order valence-electron chi connectivity index (χ0n) is 21.4. The highest BCUT2D eigenvalue weighted by molar-refractivity contribution is 5.94. The van der Waals surface area contributed by atoms with Crippen molar-refractivity contribution in [1.29, 1.82) is 0 Å². The van der Waals surface area contributed by atoms with Crippen molar-refractivity contribution in [3.8, 4) is 11.5 Å². The summed E-state index contributed by atoms with van der Waals surface area (Å²) in [5.74, 6) is -4.84. The zero-order chi connectivity index (χ0) is 29.8. The van der Waals surface area contributed by atoms with Crippen molar-refractivity contribution >= 4 is 29.6 Å². The van der Waals surface area contributed by atoms with Crippen molar-refractivity contribution in [1.82, 2.24) is 16.0 Å². The van der Waals surface area contributed by atoms with Gasteiger partial charge in [-0.3, -0.25) is 19.2 Å². The Bertz CT molecular complexity index is 1190. The van der Waals surface area contributed by atoms with E-state index in [9.17, 15) is 44.4 Å². The Morgan fingerprint density at radius 3 is 1.62 bits per heavy atom. The van der Waals surface area contributed by atoms with E-state index in [0.29, 0.717) is 11.1 Å². The molecular formula is C26H33N5O9. The number of hydrogen-bond donors (Lipinski definition) is 9. The maximum absolute atomic E-state index is 13.0. The predicted octanol–water partition coefficient (Wildman–Crippen LogP) is -1.99. The van der Waals surface area contributed by atoms with Gasteiger partial charge < -0.3 is 47.8 Å². The van der Waals surface area contributed by atoms with E-state index < -0.39 is 60.4 Å². The summed E-state index contributed by atoms with van der Waals surface area (Å²) in [5.41, 5.74) is 12.2. The van der Waals surface area contributed by atoms with Gasteiger partial charge in [0.25, 0.3) is 0 Å². The molecule has 0 saturated heterocycles. The van der Waals surface area contributed by atoms with Gasteiger partial charge in [-0.1, -0.05) is 24.3 Å². The first kappa shape index (κ1) is 31.5. The molecule has 2 aromatic carbocycles. The molecule has 0 spiro atoms. The van der Waals surface area contributed by atoms with E-state index >= 15 is 0 Å². The van der Waals surface area contributed by atoms with Crippen LogP contribution in [0.2, 0.25) is 0 Å². The number of phenolic OH excluding ortho intramolecular Hbond substituents is 2. The number of nitrogens with two attached hydrogens (primary N) is 2. The summed E-state index contributed by atoms with van der Waals surface area (Å²) in [6.45, 7) is -0.855. The van der Waals surface area contributed by atoms with Gasteiger partial charge in [-0.05, 0) is 48.2 Å². The van der Waals surface area contributed by atoms with E-state index in [1.165, 1.54) is 36.4 Å². The van der Waals surface area contributed by atoms with Gasteiger partial charge in [0.1, 0.15) is 29.6 Å². The van der Waals surface area contributed by atoms with Gasteiger partial charge in [-0.15, -0.1) is 0 Å². The Morgan fingerprint density at radius 2 is 1.15 bits per heavy atom. The smallest absolute Gasteiger partial charge is 0.326 e. The second kappa shape index (κ2) is 15.0. The van der Waals surface area contributed by atoms with Crippen LogP contribution in [0, 0.1) is 0 Å². The second-order valence-corrected chi connectivity index (χ2v) is 9.06. The van der Waals surface area contributed by atoms with E-state index in [4.69, 9.17) is 11.5 Å². The highest BCUT2D eigenvalue weighted by atomic mass is 16.4. The van der Waals surface area contributed by atoms with Crippen LogP contribution in [0.5, 0.6) is 11.5 Å². The quantitative estimate of drug-likeness (QED) is 0.116. The second-order valence-electron chi connectivity index (χ2n) is 9.06. The molecule has 0 aliphatic rings. The monoisotopic (exact) mass is 559 g/mol. The molecule has 0 aliphatic carbocycles. The summed E-state index contributed by atoms with van der Waals surface area (Å²) < 4.78 is 0. The molecule has 40 heavy (non-hydrogen) atoms. The molecule has 11 N–H and O–H groups in total. The molecule has 4 unspecified atom stereocenters. The molecule has 4 amide bonds. The SMILES string of the molecule is NC(=O)CCC(NC(=O)C(CO)NC(=O)C(N)Cc1ccc(O)cc1)C(=O)NC(Cc1ccc(O)cc1)C(=O)O. The molecule has 0 aliphatic heterocycles. The minimum atomic E-state index is -1.52. The molecule has 4 atom stereocenters. The number of carbonyl (C=O) groups excluding carboxylic acids is 4. The Labute approximate surface area is 229 Å². The van der Waals surface area contributed by atoms with Gasteiger partial charge in [0.15, 0.2) is 0 Å². The fraction of sp³-hybridized carbons (Fsp3) is 0.346. The van der Waals surface area contributed by atoms with E-state index in [0.717, 1.165) is 0 Å². The van der Waals surface area contributed by atoms with Crippen LogP contribution in [0.25, 0.3) is 0 Å². The summed E-state index contributed by atoms with van der Waals surface area (Å²) in [7, 11) is 0. The van der Waals surface area contributed by atoms with Crippen molar-refractivity contribution in [2.24, 2.45) is 11.5 Å². The van der Waals surface area contributed by atoms with Crippen LogP contribution in [0.4, 0.5) is 0 Å². The van der Waals surface area contributed by atoms with Crippen molar-refractivity contribution < 1.29 is 44.4 Å². The number of aliphatic carboxylic acids is 1. The standard InChI is InChI=1S/C26H33N5O9/c27-18(11-14-1-5-16(33)6-2-14)23(36)31-21(13-32)25(38)29-19(9-10-22(28)35)24(37)30-20(26(39)40)12-15-3-7-17(34)8-4-15/h1-8,18-21,32-34H,9-13,27H2,(H2,28,35)(H,29,38)(H,30,37)(H,31,36)(H,39,40). The van der Waals surface area contributed by atoms with Crippen LogP contribution < -0.4 is 27.4 Å². The van der Waals surface area contributed by atoms with E-state index in [2.05, 4.69) is 16.0 Å². The van der Waals surface area contributed by atoms with Crippen LogP contribution in [0.1, 0.15) is 24.0 Å². The molecular weight excluding hydrogens is 526 g/mol. The first-order valence-corrected chi connectivity index (χ1v) is 12.2. The molecule has 2 rings (SSSR count). The van der Waals surface area contributed by atoms with Crippen molar-refractivity contribution in [3.63, 3.8) is 0 Å². The molecule has 0 radical (unpaired) electrons. The summed E-state index contributed by atoms with van der Waals surface area (Å²) in [6, 6.07) is 6.13. The Kier molecular flexibility index (Phi) is 11.9. The van der Waals surface area contributed by atoms with E-state index in [1.54, 1.807) is 12.1 Å². The summed E-state index contributed by atoms with van der Waals surface area (Å²) in [4.78, 5) is 61.4. The Balaban J connectivity index is 2.07. The number of aliphatic hydroxyl groups is 1. The lowest BCUT2D eigenvalue weighted by Gasteiger charge is -2.24. The third kappa shape index (κ3) is 10.2. The van der Waals surface area contributed by atoms with Crippen LogP contribution in [0.3, 0.4) is 0 Å². The number of carboxylic acids is 1. The van der Waals surface area contributed by atoms with Gasteiger partial charge in [0.2, 0.25) is 23.6 Å². The lowest BCUT2D eigenvalue weighted by atomic mass is 10.0. The van der Waals surface area contributed by atoms with Crippen molar-refractivity contribution in [2.45, 2.75) is 49.9 Å². The van der Waals surface area contributed by atoms with Gasteiger partial charge in [-0.2, -0.15) is 0 Å². The highest BCUT2D eigenvalue weighted by Crippen LogP contribution is 2.13. The molecule has 0 saturated carbocycles. The lowest BCUT2D eigenvalue weighted by Crippen LogP contribution is -2.58. The molecule has 14 nitrogen and oxygen atoms in total. The maximum atomic E-state index is 13.0. The predicted molar refractivity (Wildman–Crippen MR) is 141 cm³/mol. The number of hydrogen-bond acceptors (Lipinski definition) is 9. The highest BCUT2D eigenvalue weighted by Gasteiger charge is 2.30. The number of aromatic hydroxyl groups is 2. The van der Waals surface area contributed by atoms with Gasteiger partial charge in [0, 0.05) is 12.8 Å². The topological polar surface area (TPSA) is 254 Å². The number of carbonyl (C=O) groups is 5. The maximum Gasteiger partial charge on any atom is 0.326 e. The number of nitrogens with one attached hydrogen (secondary N) is 3. The number of benzene rings is 2. The molecule has 0 aromatic heterocycles. The molecule has 0 bridgehead atoms. The fourth-order valence-corrected chi connectivity index (χ4v) is 3.62. The number of amides is 4. The Hall–Kier alpha value is -4.69. The zero-order valence-corrected chi connectivity index (χ0v) is 21.4. The van der Waals surface area contributed by atoms with Crippen molar-refractivity contribution in [2.75, 3.05) is 6.61 Å². The van der Waals surface area contributed by atoms with Crippen LogP contribution in [-0.2, 0) is 36.8 Å². The third-order valence-electron chi connectivity index (χ3n) is 5.85. The average Bonchev–Trinajstić information content (AvgIpc) is 2.91. The number of carboxylic acid groups (broad SMARTS) is 1. The number of primary amides is 1. The van der Waals surface area contributed by atoms with Crippen LogP contribution >= 0.6 is 0 Å². The number of aliphatic hydroxyl groups excluding tert-OH is 1. The fourth-order valence-electron chi connectivity index (χ4n) is 3.62. The van der Waals surface area contributed by atoms with Crippen LogP contribution in [-0.4, -0.2) is 80.8 Å². The minimum Gasteiger partial charge on any atom is -0.508 e. The van der Waals surface area contributed by atoms with Gasteiger partial charge in [-0.25, -0.2) is 4.79 Å². The molecule has 0 heterocycles. The summed E-state index contributed by atoms with van der Waals surface area (Å²) >= 11 is 0. The molecule has 0 fully saturated rings. The third-order valence-corrected chi connectivity index (χ3v) is 5.85.